The fourth-order valence-corrected chi connectivity index (χ4v) is 5.25. The summed E-state index contributed by atoms with van der Waals surface area (Å²) in [6, 6.07) is 12.4. The van der Waals surface area contributed by atoms with Gasteiger partial charge in [0, 0.05) is 30.9 Å². The van der Waals surface area contributed by atoms with E-state index < -0.39 is 0 Å². The van der Waals surface area contributed by atoms with Crippen LogP contribution in [0.15, 0.2) is 53.1 Å². The zero-order chi connectivity index (χ0) is 24.6. The van der Waals surface area contributed by atoms with Crippen molar-refractivity contribution in [3.8, 4) is 28.1 Å². The Labute approximate surface area is 210 Å². The molecule has 0 spiro atoms. The maximum Gasteiger partial charge on any atom is 0.294 e. The molecule has 1 saturated heterocycles. The van der Waals surface area contributed by atoms with Gasteiger partial charge < -0.3 is 23.5 Å². The second-order valence-corrected chi connectivity index (χ2v) is 9.71. The summed E-state index contributed by atoms with van der Waals surface area (Å²) in [5, 5.41) is 5.75. The SMILES string of the molecule is COc1cc(OCC2CCN(c3ccc(F)cc3)CC2)c2cc(-c3cn4nc(OC)sc4n3)oc2c1. The van der Waals surface area contributed by atoms with Gasteiger partial charge >= 0.3 is 0 Å². The van der Waals surface area contributed by atoms with Crippen molar-refractivity contribution in [3.05, 3.63) is 54.5 Å². The van der Waals surface area contributed by atoms with Crippen LogP contribution in [0.25, 0.3) is 27.4 Å². The number of imidazole rings is 1. The number of methoxy groups -OCH3 is 2. The first-order chi connectivity index (χ1) is 17.6. The van der Waals surface area contributed by atoms with Gasteiger partial charge in [0.1, 0.15) is 28.6 Å². The van der Waals surface area contributed by atoms with Crippen LogP contribution in [0.4, 0.5) is 10.1 Å². The lowest BCUT2D eigenvalue weighted by Crippen LogP contribution is -2.35. The Balaban J connectivity index is 1.18. The highest BCUT2D eigenvalue weighted by atomic mass is 32.1. The number of furan rings is 1. The molecular weight excluding hydrogens is 483 g/mol. The smallest absolute Gasteiger partial charge is 0.294 e. The van der Waals surface area contributed by atoms with Gasteiger partial charge in [-0.3, -0.25) is 0 Å². The molecule has 0 atom stereocenters. The van der Waals surface area contributed by atoms with Gasteiger partial charge in [0.15, 0.2) is 5.76 Å². The number of anilines is 1. The van der Waals surface area contributed by atoms with E-state index in [0.717, 1.165) is 47.7 Å². The molecule has 1 fully saturated rings. The normalized spacial score (nSPS) is 14.6. The summed E-state index contributed by atoms with van der Waals surface area (Å²) in [5.74, 6) is 2.24. The highest BCUT2D eigenvalue weighted by Gasteiger charge is 2.22. The average molecular weight is 509 g/mol. The maximum atomic E-state index is 13.2. The van der Waals surface area contributed by atoms with Crippen molar-refractivity contribution in [2.45, 2.75) is 12.8 Å². The third-order valence-corrected chi connectivity index (χ3v) is 7.43. The number of ether oxygens (including phenoxy) is 3. The van der Waals surface area contributed by atoms with Gasteiger partial charge in [-0.2, -0.15) is 0 Å². The van der Waals surface area contributed by atoms with Gasteiger partial charge in [0.05, 0.1) is 32.4 Å². The number of fused-ring (bicyclic) bond motifs is 2. The van der Waals surface area contributed by atoms with E-state index in [4.69, 9.17) is 18.6 Å². The van der Waals surface area contributed by atoms with Gasteiger partial charge in [-0.25, -0.2) is 13.9 Å². The lowest BCUT2D eigenvalue weighted by Gasteiger charge is -2.33. The molecule has 186 valence electrons. The average Bonchev–Trinajstić information content (AvgIpc) is 3.61. The Bertz CT molecular complexity index is 1470. The van der Waals surface area contributed by atoms with Gasteiger partial charge in [-0.1, -0.05) is 0 Å². The minimum Gasteiger partial charge on any atom is -0.496 e. The van der Waals surface area contributed by atoms with Crippen LogP contribution >= 0.6 is 11.3 Å². The van der Waals surface area contributed by atoms with Crippen molar-refractivity contribution >= 4 is 33.0 Å². The number of hydrogen-bond donors (Lipinski definition) is 0. The molecule has 0 unspecified atom stereocenters. The van der Waals surface area contributed by atoms with Gasteiger partial charge in [-0.15, -0.1) is 5.10 Å². The summed E-state index contributed by atoms with van der Waals surface area (Å²) >= 11 is 1.36. The molecule has 0 aliphatic carbocycles. The van der Waals surface area contributed by atoms with E-state index in [1.165, 1.54) is 23.5 Å². The van der Waals surface area contributed by atoms with Gasteiger partial charge in [0.2, 0.25) is 4.96 Å². The summed E-state index contributed by atoms with van der Waals surface area (Å²) in [7, 11) is 3.21. The van der Waals surface area contributed by atoms with Crippen molar-refractivity contribution in [3.63, 3.8) is 0 Å². The lowest BCUT2D eigenvalue weighted by atomic mass is 9.97. The molecule has 0 N–H and O–H groups in total. The molecule has 4 heterocycles. The largest absolute Gasteiger partial charge is 0.496 e. The molecular formula is C26H25FN4O4S. The highest BCUT2D eigenvalue weighted by Crippen LogP contribution is 2.38. The number of halogens is 1. The minimum absolute atomic E-state index is 0.210. The molecule has 5 aromatic rings. The quantitative estimate of drug-likeness (QED) is 0.281. The molecule has 0 radical (unpaired) electrons. The molecule has 0 bridgehead atoms. The molecule has 10 heteroatoms. The lowest BCUT2D eigenvalue weighted by molar-refractivity contribution is 0.224. The summed E-state index contributed by atoms with van der Waals surface area (Å²) in [6.07, 6.45) is 3.82. The van der Waals surface area contributed by atoms with E-state index in [2.05, 4.69) is 15.0 Å². The van der Waals surface area contributed by atoms with Crippen LogP contribution in [0.5, 0.6) is 16.7 Å². The number of rotatable bonds is 7. The number of hydrogen-bond acceptors (Lipinski definition) is 8. The fraction of sp³-hybridized carbons (Fsp3) is 0.308. The van der Waals surface area contributed by atoms with E-state index in [1.54, 1.807) is 18.7 Å². The van der Waals surface area contributed by atoms with E-state index >= 15 is 0 Å². The first-order valence-electron chi connectivity index (χ1n) is 11.7. The fourth-order valence-electron chi connectivity index (χ4n) is 4.55. The van der Waals surface area contributed by atoms with E-state index in [-0.39, 0.29) is 5.82 Å². The van der Waals surface area contributed by atoms with Crippen molar-refractivity contribution in [2.75, 3.05) is 38.8 Å². The third kappa shape index (κ3) is 4.32. The third-order valence-electron chi connectivity index (χ3n) is 6.54. The van der Waals surface area contributed by atoms with Crippen LogP contribution < -0.4 is 19.1 Å². The molecule has 6 rings (SSSR count). The monoisotopic (exact) mass is 508 g/mol. The number of benzene rings is 2. The minimum atomic E-state index is -0.210. The molecule has 2 aromatic carbocycles. The van der Waals surface area contributed by atoms with Gasteiger partial charge in [0.25, 0.3) is 5.19 Å². The van der Waals surface area contributed by atoms with Gasteiger partial charge in [-0.05, 0) is 60.4 Å². The molecule has 36 heavy (non-hydrogen) atoms. The topological polar surface area (TPSA) is 74.3 Å². The molecule has 1 aliphatic rings. The van der Waals surface area contributed by atoms with Crippen molar-refractivity contribution in [2.24, 2.45) is 5.92 Å². The highest BCUT2D eigenvalue weighted by molar-refractivity contribution is 7.18. The number of piperidine rings is 1. The molecule has 8 nitrogen and oxygen atoms in total. The first-order valence-corrected chi connectivity index (χ1v) is 12.6. The molecule has 0 saturated carbocycles. The van der Waals surface area contributed by atoms with Crippen LogP contribution in [-0.4, -0.2) is 48.5 Å². The molecule has 1 aliphatic heterocycles. The predicted molar refractivity (Wildman–Crippen MR) is 136 cm³/mol. The summed E-state index contributed by atoms with van der Waals surface area (Å²) in [5.41, 5.74) is 2.42. The van der Waals surface area contributed by atoms with Crippen LogP contribution in [0, 0.1) is 11.7 Å². The second-order valence-electron chi connectivity index (χ2n) is 8.79. The zero-order valence-electron chi connectivity index (χ0n) is 19.9. The summed E-state index contributed by atoms with van der Waals surface area (Å²) < 4.78 is 38.0. The Kier molecular flexibility index (Phi) is 5.88. The molecule has 0 amide bonds. The summed E-state index contributed by atoms with van der Waals surface area (Å²) in [4.78, 5) is 7.64. The van der Waals surface area contributed by atoms with E-state index in [9.17, 15) is 4.39 Å². The first kappa shape index (κ1) is 22.7. The Morgan fingerprint density at radius 2 is 1.89 bits per heavy atom. The second kappa shape index (κ2) is 9.34. The van der Waals surface area contributed by atoms with E-state index in [1.807, 2.05) is 36.5 Å². The predicted octanol–water partition coefficient (Wildman–Crippen LogP) is 5.66. The summed E-state index contributed by atoms with van der Waals surface area (Å²) in [6.45, 7) is 2.43. The Morgan fingerprint density at radius 1 is 1.08 bits per heavy atom. The van der Waals surface area contributed by atoms with Crippen molar-refractivity contribution < 1.29 is 23.0 Å². The van der Waals surface area contributed by atoms with Crippen LogP contribution in [0.1, 0.15) is 12.8 Å². The van der Waals surface area contributed by atoms with Crippen molar-refractivity contribution in [1.82, 2.24) is 14.6 Å². The van der Waals surface area contributed by atoms with Crippen molar-refractivity contribution in [1.29, 1.82) is 0 Å². The van der Waals surface area contributed by atoms with Crippen LogP contribution in [0.2, 0.25) is 0 Å². The van der Waals surface area contributed by atoms with Crippen LogP contribution in [-0.2, 0) is 0 Å². The number of nitrogens with zero attached hydrogens (tertiary/aromatic N) is 4. The number of aromatic nitrogens is 3. The molecule has 3 aromatic heterocycles. The Morgan fingerprint density at radius 3 is 2.61 bits per heavy atom. The van der Waals surface area contributed by atoms with E-state index in [0.29, 0.717) is 40.5 Å². The van der Waals surface area contributed by atoms with Crippen LogP contribution in [0.3, 0.4) is 0 Å². The zero-order valence-corrected chi connectivity index (χ0v) is 20.8. The Hall–Kier alpha value is -3.79. The maximum absolute atomic E-state index is 13.2. The standard InChI is InChI=1S/C26H25FN4O4S/c1-32-19-11-22(34-15-16-7-9-30(10-8-16)18-5-3-17(27)4-6-18)20-13-24(35-23(20)12-19)21-14-31-25(28-21)36-26(29-31)33-2/h3-6,11-14,16H,7-10,15H2,1-2H3.